The zero-order chi connectivity index (χ0) is 33.0. The van der Waals surface area contributed by atoms with Gasteiger partial charge in [0.2, 0.25) is 0 Å². The average Bonchev–Trinajstić information content (AvgIpc) is 3.53. The van der Waals surface area contributed by atoms with Crippen LogP contribution in [0.25, 0.3) is 0 Å². The van der Waals surface area contributed by atoms with Crippen LogP contribution >= 0.6 is 7.75 Å². The summed E-state index contributed by atoms with van der Waals surface area (Å²) in [6.07, 6.45) is -0.813. The van der Waals surface area contributed by atoms with Crippen molar-refractivity contribution in [3.05, 3.63) is 63.4 Å². The zero-order valence-electron chi connectivity index (χ0n) is 25.9. The number of ether oxygens (including phenoxy) is 3. The summed E-state index contributed by atoms with van der Waals surface area (Å²) in [7, 11) is -4.35. The standard InChI is InChI=1S/C29H41N4O11P/c1-18(24(36)41-19-11-9-10-12-19)32-45(39,44-20-13-7-6-8-14-20)40-17-21-23(35)29(5,31-27(38)43-28(2,3)4)25(42-21)33-16-15-22(34)30-26(33)37/h6-8,13-16,18-19,21,23,25,35H,9-12,17H2,1-5H3,(H,31,38)(H,32,39)(H,30,34,37)/t18-,21+,23+,25+,29+,45?/m0/s1. The van der Waals surface area contributed by atoms with E-state index in [2.05, 4.69) is 15.4 Å². The highest BCUT2D eigenvalue weighted by Gasteiger charge is 2.56. The van der Waals surface area contributed by atoms with Crippen LogP contribution in [-0.2, 0) is 28.1 Å². The number of nitrogens with one attached hydrogen (secondary N) is 3. The van der Waals surface area contributed by atoms with Crippen molar-refractivity contribution in [3.63, 3.8) is 0 Å². The Labute approximate surface area is 260 Å². The van der Waals surface area contributed by atoms with Crippen molar-refractivity contribution < 1.29 is 42.5 Å². The Morgan fingerprint density at radius 1 is 1.18 bits per heavy atom. The van der Waals surface area contributed by atoms with Gasteiger partial charge in [0.1, 0.15) is 41.2 Å². The Morgan fingerprint density at radius 2 is 1.84 bits per heavy atom. The number of para-hydroxylation sites is 1. The fourth-order valence-corrected chi connectivity index (χ4v) is 6.62. The number of rotatable bonds is 11. The molecule has 6 atom stereocenters. The largest absolute Gasteiger partial charge is 0.461 e. The monoisotopic (exact) mass is 652 g/mol. The van der Waals surface area contributed by atoms with Crippen LogP contribution in [0.2, 0.25) is 0 Å². The van der Waals surface area contributed by atoms with Crippen molar-refractivity contribution in [2.24, 2.45) is 0 Å². The number of H-pyrrole nitrogens is 1. The Balaban J connectivity index is 1.57. The molecule has 0 bridgehead atoms. The number of aliphatic hydroxyl groups excluding tert-OH is 1. The minimum absolute atomic E-state index is 0.173. The van der Waals surface area contributed by atoms with Crippen LogP contribution in [0, 0.1) is 0 Å². The molecule has 4 rings (SSSR count). The normalized spacial score (nSPS) is 25.7. The van der Waals surface area contributed by atoms with E-state index in [-0.39, 0.29) is 11.9 Å². The fraction of sp³-hybridized carbons (Fsp3) is 0.586. The molecule has 1 unspecified atom stereocenters. The van der Waals surface area contributed by atoms with Crippen LogP contribution in [0.15, 0.2) is 52.2 Å². The summed E-state index contributed by atoms with van der Waals surface area (Å²) in [6, 6.07) is 8.10. The predicted octanol–water partition coefficient (Wildman–Crippen LogP) is 2.75. The number of carbonyl (C=O) groups excluding carboxylic acids is 2. The van der Waals surface area contributed by atoms with E-state index in [9.17, 15) is 28.8 Å². The summed E-state index contributed by atoms with van der Waals surface area (Å²) in [5.41, 5.74) is -4.13. The Kier molecular flexibility index (Phi) is 10.6. The van der Waals surface area contributed by atoms with Crippen molar-refractivity contribution in [2.75, 3.05) is 6.61 Å². The molecule has 0 radical (unpaired) electrons. The molecule has 1 aromatic heterocycles. The topological polar surface area (TPSA) is 197 Å². The van der Waals surface area contributed by atoms with E-state index >= 15 is 0 Å². The second kappa shape index (κ2) is 13.9. The molecule has 2 aromatic rings. The molecule has 1 amide bonds. The lowest BCUT2D eigenvalue weighted by atomic mass is 9.92. The lowest BCUT2D eigenvalue weighted by Crippen LogP contribution is -2.59. The summed E-state index contributed by atoms with van der Waals surface area (Å²) >= 11 is 0. The number of benzene rings is 1. The van der Waals surface area contributed by atoms with Crippen molar-refractivity contribution in [3.8, 4) is 5.75 Å². The van der Waals surface area contributed by atoms with E-state index in [0.29, 0.717) is 0 Å². The van der Waals surface area contributed by atoms with Crippen molar-refractivity contribution in [1.82, 2.24) is 20.0 Å². The van der Waals surface area contributed by atoms with Gasteiger partial charge >= 0.3 is 25.5 Å². The molecule has 1 aromatic carbocycles. The Morgan fingerprint density at radius 3 is 2.47 bits per heavy atom. The number of alkyl carbamates (subject to hydrolysis) is 1. The van der Waals surface area contributed by atoms with Gasteiger partial charge in [0.05, 0.1) is 6.61 Å². The number of aromatic nitrogens is 2. The molecule has 15 nitrogen and oxygen atoms in total. The third kappa shape index (κ3) is 8.82. The number of hydrogen-bond acceptors (Lipinski definition) is 11. The third-order valence-electron chi connectivity index (χ3n) is 7.33. The van der Waals surface area contributed by atoms with Crippen LogP contribution in [-0.4, -0.2) is 68.8 Å². The van der Waals surface area contributed by atoms with Crippen LogP contribution in [0.4, 0.5) is 4.79 Å². The van der Waals surface area contributed by atoms with Gasteiger partial charge in [-0.25, -0.2) is 14.2 Å². The summed E-state index contributed by atoms with van der Waals surface area (Å²) in [5.74, 6) is -0.460. The van der Waals surface area contributed by atoms with Crippen LogP contribution in [0.5, 0.6) is 5.75 Å². The van der Waals surface area contributed by atoms with E-state index in [1.807, 2.05) is 0 Å². The van der Waals surface area contributed by atoms with Gasteiger partial charge in [-0.2, -0.15) is 5.09 Å². The van der Waals surface area contributed by atoms with E-state index in [0.717, 1.165) is 42.5 Å². The molecule has 0 spiro atoms. The molecule has 1 saturated carbocycles. The average molecular weight is 653 g/mol. The summed E-state index contributed by atoms with van der Waals surface area (Å²) in [4.78, 5) is 52.2. The first kappa shape index (κ1) is 34.4. The summed E-state index contributed by atoms with van der Waals surface area (Å²) < 4.78 is 43.4. The van der Waals surface area contributed by atoms with E-state index in [1.54, 1.807) is 51.1 Å². The van der Waals surface area contributed by atoms with Gasteiger partial charge in [0.25, 0.3) is 5.56 Å². The molecule has 2 aliphatic rings. The lowest BCUT2D eigenvalue weighted by Gasteiger charge is -2.34. The molecular weight excluding hydrogens is 611 g/mol. The highest BCUT2D eigenvalue weighted by molar-refractivity contribution is 7.52. The number of nitrogens with zero attached hydrogens (tertiary/aromatic N) is 1. The maximum atomic E-state index is 14.1. The molecule has 1 saturated heterocycles. The van der Waals surface area contributed by atoms with Crippen molar-refractivity contribution >= 4 is 19.8 Å². The molecule has 1 aliphatic heterocycles. The number of amides is 1. The van der Waals surface area contributed by atoms with E-state index < -0.39 is 73.3 Å². The van der Waals surface area contributed by atoms with Crippen molar-refractivity contribution in [2.45, 2.75) is 102 Å². The van der Waals surface area contributed by atoms with Crippen LogP contribution in [0.3, 0.4) is 0 Å². The zero-order valence-corrected chi connectivity index (χ0v) is 26.8. The van der Waals surface area contributed by atoms with E-state index in [4.69, 9.17) is 23.3 Å². The quantitative estimate of drug-likeness (QED) is 0.205. The summed E-state index contributed by atoms with van der Waals surface area (Å²) in [5, 5.41) is 16.6. The first-order valence-electron chi connectivity index (χ1n) is 14.7. The maximum absolute atomic E-state index is 14.1. The second-order valence-corrected chi connectivity index (χ2v) is 14.0. The van der Waals surface area contributed by atoms with Gasteiger partial charge in [0, 0.05) is 12.3 Å². The number of aromatic amines is 1. The number of carbonyl (C=O) groups is 2. The van der Waals surface area contributed by atoms with Gasteiger partial charge in [-0.3, -0.25) is 23.7 Å². The smallest absolute Gasteiger partial charge is 0.459 e. The molecular formula is C29H41N4O11P. The minimum Gasteiger partial charge on any atom is -0.461 e. The minimum atomic E-state index is -4.35. The van der Waals surface area contributed by atoms with Gasteiger partial charge < -0.3 is 29.2 Å². The van der Waals surface area contributed by atoms with Crippen molar-refractivity contribution in [1.29, 1.82) is 0 Å². The Hall–Kier alpha value is -3.49. The van der Waals surface area contributed by atoms with Gasteiger partial charge in [-0.15, -0.1) is 0 Å². The lowest BCUT2D eigenvalue weighted by molar-refractivity contribution is -0.150. The SMILES string of the molecule is C[C@H](NP(=O)(OC[C@H]1O[C@@H](n2ccc(=O)[nH]c2=O)[C@](C)(NC(=O)OC(C)(C)C)[C@@H]1O)Oc1ccccc1)C(=O)OC1CCCC1. The van der Waals surface area contributed by atoms with Gasteiger partial charge in [-0.05, 0) is 72.4 Å². The first-order chi connectivity index (χ1) is 21.1. The fourth-order valence-electron chi connectivity index (χ4n) is 5.11. The molecule has 1 aliphatic carbocycles. The number of esters is 1. The molecule has 4 N–H and O–H groups in total. The van der Waals surface area contributed by atoms with E-state index in [1.165, 1.54) is 13.8 Å². The second-order valence-electron chi connectivity index (χ2n) is 12.3. The molecule has 16 heteroatoms. The third-order valence-corrected chi connectivity index (χ3v) is 8.97. The molecule has 2 fully saturated rings. The number of aliphatic hydroxyl groups is 1. The maximum Gasteiger partial charge on any atom is 0.459 e. The van der Waals surface area contributed by atoms with Crippen LogP contribution in [0.1, 0.15) is 66.5 Å². The van der Waals surface area contributed by atoms with Gasteiger partial charge in [0.15, 0.2) is 6.23 Å². The summed E-state index contributed by atoms with van der Waals surface area (Å²) in [6.45, 7) is 7.26. The Bertz CT molecular complexity index is 1500. The molecule has 45 heavy (non-hydrogen) atoms. The van der Waals surface area contributed by atoms with Gasteiger partial charge in [-0.1, -0.05) is 18.2 Å². The first-order valence-corrected chi connectivity index (χ1v) is 16.3. The highest BCUT2D eigenvalue weighted by Crippen LogP contribution is 2.47. The highest BCUT2D eigenvalue weighted by atomic mass is 31.2. The van der Waals surface area contributed by atoms with Crippen LogP contribution < -0.4 is 26.2 Å². The number of hydrogen-bond donors (Lipinski definition) is 4. The predicted molar refractivity (Wildman–Crippen MR) is 161 cm³/mol. The molecule has 248 valence electrons. The molecule has 2 heterocycles.